The van der Waals surface area contributed by atoms with Crippen LogP contribution in [-0.4, -0.2) is 21.9 Å². The van der Waals surface area contributed by atoms with E-state index in [2.05, 4.69) is 19.2 Å². The first-order valence-electron chi connectivity index (χ1n) is 8.49. The average Bonchev–Trinajstić information content (AvgIpc) is 2.76. The summed E-state index contributed by atoms with van der Waals surface area (Å²) in [6.45, 7) is 6.18. The van der Waals surface area contributed by atoms with Crippen LogP contribution in [0.2, 0.25) is 0 Å². The number of ketones is 1. The van der Waals surface area contributed by atoms with Gasteiger partial charge in [0, 0.05) is 12.0 Å². The van der Waals surface area contributed by atoms with Crippen molar-refractivity contribution in [3.05, 3.63) is 29.0 Å². The zero-order valence-corrected chi connectivity index (χ0v) is 14.5. The Morgan fingerprint density at radius 2 is 1.79 bits per heavy atom. The van der Waals surface area contributed by atoms with E-state index in [0.717, 1.165) is 24.8 Å². The third kappa shape index (κ3) is 3.78. The van der Waals surface area contributed by atoms with Crippen molar-refractivity contribution in [2.45, 2.75) is 52.9 Å². The number of hydrogen-bond donors (Lipinski definition) is 3. The van der Waals surface area contributed by atoms with Gasteiger partial charge in [-0.1, -0.05) is 27.2 Å². The molecule has 0 aromatic heterocycles. The van der Waals surface area contributed by atoms with E-state index in [9.17, 15) is 19.8 Å². The van der Waals surface area contributed by atoms with E-state index >= 15 is 0 Å². The Morgan fingerprint density at radius 1 is 1.17 bits per heavy atom. The SMILES string of the molecule is CCCCC(=O)NC1=C(CCC(C)C)c2cc(O)c(O)cc2C1=O. The van der Waals surface area contributed by atoms with Gasteiger partial charge in [0.05, 0.1) is 5.70 Å². The first-order chi connectivity index (χ1) is 11.3. The van der Waals surface area contributed by atoms with Crippen LogP contribution in [0, 0.1) is 5.92 Å². The van der Waals surface area contributed by atoms with Crippen LogP contribution in [0.25, 0.3) is 5.57 Å². The van der Waals surface area contributed by atoms with Crippen molar-refractivity contribution < 1.29 is 19.8 Å². The number of nitrogens with one attached hydrogen (secondary N) is 1. The van der Waals surface area contributed by atoms with Gasteiger partial charge >= 0.3 is 0 Å². The summed E-state index contributed by atoms with van der Waals surface area (Å²) in [7, 11) is 0. The van der Waals surface area contributed by atoms with Crippen LogP contribution in [-0.2, 0) is 4.79 Å². The minimum absolute atomic E-state index is 0.177. The van der Waals surface area contributed by atoms with Gasteiger partial charge in [-0.3, -0.25) is 9.59 Å². The van der Waals surface area contributed by atoms with Crippen molar-refractivity contribution >= 4 is 17.3 Å². The van der Waals surface area contributed by atoms with E-state index in [-0.39, 0.29) is 28.9 Å². The van der Waals surface area contributed by atoms with Gasteiger partial charge in [0.25, 0.3) is 0 Å². The van der Waals surface area contributed by atoms with E-state index in [0.29, 0.717) is 29.9 Å². The number of phenolic OH excluding ortho intramolecular Hbond substituents is 2. The molecule has 24 heavy (non-hydrogen) atoms. The predicted octanol–water partition coefficient (Wildman–Crippen LogP) is 3.75. The molecule has 0 bridgehead atoms. The first kappa shape index (κ1) is 18.0. The summed E-state index contributed by atoms with van der Waals surface area (Å²) in [6, 6.07) is 2.68. The Labute approximate surface area is 142 Å². The average molecular weight is 331 g/mol. The molecule has 2 rings (SSSR count). The molecule has 1 amide bonds. The first-order valence-corrected chi connectivity index (χ1v) is 8.49. The fraction of sp³-hybridized carbons (Fsp3) is 0.474. The third-order valence-electron chi connectivity index (χ3n) is 4.21. The number of benzene rings is 1. The fourth-order valence-corrected chi connectivity index (χ4v) is 2.78. The number of fused-ring (bicyclic) bond motifs is 1. The minimum atomic E-state index is -0.330. The van der Waals surface area contributed by atoms with Crippen LogP contribution in [0.3, 0.4) is 0 Å². The largest absolute Gasteiger partial charge is 0.504 e. The van der Waals surface area contributed by atoms with Crippen molar-refractivity contribution in [2.75, 3.05) is 0 Å². The fourth-order valence-electron chi connectivity index (χ4n) is 2.78. The van der Waals surface area contributed by atoms with Gasteiger partial charge in [0.15, 0.2) is 11.5 Å². The number of phenols is 2. The molecule has 1 aromatic carbocycles. The lowest BCUT2D eigenvalue weighted by molar-refractivity contribution is -0.120. The molecule has 0 fully saturated rings. The lowest BCUT2D eigenvalue weighted by Gasteiger charge is -2.11. The molecule has 130 valence electrons. The van der Waals surface area contributed by atoms with Crippen molar-refractivity contribution in [2.24, 2.45) is 5.92 Å². The van der Waals surface area contributed by atoms with Crippen molar-refractivity contribution in [1.29, 1.82) is 0 Å². The normalized spacial score (nSPS) is 13.6. The Kier molecular flexibility index (Phi) is 5.65. The number of aromatic hydroxyl groups is 2. The van der Waals surface area contributed by atoms with Gasteiger partial charge < -0.3 is 15.5 Å². The highest BCUT2D eigenvalue weighted by molar-refractivity contribution is 6.22. The summed E-state index contributed by atoms with van der Waals surface area (Å²) in [6.07, 6.45) is 3.53. The zero-order valence-electron chi connectivity index (χ0n) is 14.5. The van der Waals surface area contributed by atoms with Gasteiger partial charge in [-0.2, -0.15) is 0 Å². The molecule has 0 unspecified atom stereocenters. The third-order valence-corrected chi connectivity index (χ3v) is 4.21. The summed E-state index contributed by atoms with van der Waals surface area (Å²) in [5.41, 5.74) is 1.96. The van der Waals surface area contributed by atoms with Gasteiger partial charge in [0.1, 0.15) is 0 Å². The molecule has 0 heterocycles. The van der Waals surface area contributed by atoms with E-state index in [1.54, 1.807) is 0 Å². The van der Waals surface area contributed by atoms with E-state index in [1.165, 1.54) is 12.1 Å². The molecule has 0 saturated heterocycles. The van der Waals surface area contributed by atoms with Gasteiger partial charge in [-0.25, -0.2) is 0 Å². The minimum Gasteiger partial charge on any atom is -0.504 e. The second-order valence-corrected chi connectivity index (χ2v) is 6.65. The summed E-state index contributed by atoms with van der Waals surface area (Å²) in [4.78, 5) is 24.7. The van der Waals surface area contributed by atoms with E-state index < -0.39 is 0 Å². The Balaban J connectivity index is 2.37. The molecule has 3 N–H and O–H groups in total. The molecule has 1 aliphatic rings. The highest BCUT2D eigenvalue weighted by Gasteiger charge is 2.31. The number of unbranched alkanes of at least 4 members (excludes halogenated alkanes) is 1. The summed E-state index contributed by atoms with van der Waals surface area (Å²) >= 11 is 0. The predicted molar refractivity (Wildman–Crippen MR) is 92.8 cm³/mol. The number of Topliss-reactive ketones (excluding diaryl/α,β-unsaturated/α-hetero) is 1. The highest BCUT2D eigenvalue weighted by atomic mass is 16.3. The van der Waals surface area contributed by atoms with Gasteiger partial charge in [0.2, 0.25) is 11.7 Å². The number of hydrogen-bond acceptors (Lipinski definition) is 4. The summed E-state index contributed by atoms with van der Waals surface area (Å²) in [5.74, 6) is -0.627. The molecule has 0 aliphatic heterocycles. The molecular formula is C19H25NO4. The van der Waals surface area contributed by atoms with Crippen LogP contribution in [0.15, 0.2) is 17.8 Å². The van der Waals surface area contributed by atoms with Crippen molar-refractivity contribution in [3.63, 3.8) is 0 Å². The molecule has 5 heteroatoms. The Bertz CT molecular complexity index is 689. The maximum absolute atomic E-state index is 12.7. The quantitative estimate of drug-likeness (QED) is 0.664. The van der Waals surface area contributed by atoms with Crippen LogP contribution in [0.5, 0.6) is 11.5 Å². The second kappa shape index (κ2) is 7.51. The molecule has 0 saturated carbocycles. The number of allylic oxidation sites excluding steroid dienone is 2. The maximum Gasteiger partial charge on any atom is 0.224 e. The number of rotatable bonds is 7. The molecular weight excluding hydrogens is 306 g/mol. The number of amides is 1. The zero-order chi connectivity index (χ0) is 17.9. The lowest BCUT2D eigenvalue weighted by Crippen LogP contribution is -2.26. The van der Waals surface area contributed by atoms with Crippen LogP contribution in [0.4, 0.5) is 0 Å². The van der Waals surface area contributed by atoms with Crippen LogP contribution >= 0.6 is 0 Å². The van der Waals surface area contributed by atoms with Gasteiger partial charge in [-0.15, -0.1) is 0 Å². The molecule has 0 atom stereocenters. The molecule has 1 aromatic rings. The molecule has 1 aliphatic carbocycles. The summed E-state index contributed by atoms with van der Waals surface area (Å²) < 4.78 is 0. The standard InChI is InChI=1S/C19H25NO4/c1-4-5-6-17(23)20-18-12(8-7-11(2)3)13-9-15(21)16(22)10-14(13)19(18)24/h9-11,21-22H,4-8H2,1-3H3,(H,20,23,24). The highest BCUT2D eigenvalue weighted by Crippen LogP contribution is 2.40. The van der Waals surface area contributed by atoms with Crippen LogP contribution < -0.4 is 5.32 Å². The van der Waals surface area contributed by atoms with Crippen molar-refractivity contribution in [1.82, 2.24) is 5.32 Å². The van der Waals surface area contributed by atoms with Crippen molar-refractivity contribution in [3.8, 4) is 11.5 Å². The summed E-state index contributed by atoms with van der Waals surface area (Å²) in [5, 5.41) is 22.2. The van der Waals surface area contributed by atoms with E-state index in [4.69, 9.17) is 0 Å². The monoisotopic (exact) mass is 331 g/mol. The maximum atomic E-state index is 12.7. The van der Waals surface area contributed by atoms with E-state index in [1.807, 2.05) is 6.92 Å². The Hall–Kier alpha value is -2.30. The molecule has 0 radical (unpaired) electrons. The lowest BCUT2D eigenvalue weighted by atomic mass is 9.97. The molecule has 5 nitrogen and oxygen atoms in total. The van der Waals surface area contributed by atoms with Crippen LogP contribution in [0.1, 0.15) is 68.8 Å². The van der Waals surface area contributed by atoms with Gasteiger partial charge in [-0.05, 0) is 48.4 Å². The second-order valence-electron chi connectivity index (χ2n) is 6.65. The Morgan fingerprint density at radius 3 is 2.38 bits per heavy atom. The molecule has 0 spiro atoms. The number of carbonyl (C=O) groups excluding carboxylic acids is 2. The smallest absolute Gasteiger partial charge is 0.224 e. The number of carbonyl (C=O) groups is 2. The topological polar surface area (TPSA) is 86.6 Å².